The second-order valence-electron chi connectivity index (χ2n) is 7.61. The van der Waals surface area contributed by atoms with Gasteiger partial charge >= 0.3 is 0 Å². The number of aromatic nitrogens is 1. The van der Waals surface area contributed by atoms with Crippen molar-refractivity contribution in [2.45, 2.75) is 11.8 Å². The van der Waals surface area contributed by atoms with Crippen LogP contribution >= 0.6 is 15.9 Å². The van der Waals surface area contributed by atoms with Crippen molar-refractivity contribution in [1.82, 2.24) is 4.98 Å². The minimum Gasteiger partial charge on any atom is -0.274 e. The summed E-state index contributed by atoms with van der Waals surface area (Å²) in [4.78, 5) is 32.6. The largest absolute Gasteiger partial charge is 0.274 e. The Morgan fingerprint density at radius 1 is 0.714 bits per heavy atom. The number of hydrogen-bond donors (Lipinski definition) is 0. The summed E-state index contributed by atoms with van der Waals surface area (Å²) in [6.07, 6.45) is 1.62. The van der Waals surface area contributed by atoms with Crippen molar-refractivity contribution in [2.24, 2.45) is 11.8 Å². The van der Waals surface area contributed by atoms with Gasteiger partial charge in [0.15, 0.2) is 0 Å². The number of imide groups is 1. The van der Waals surface area contributed by atoms with Gasteiger partial charge in [-0.2, -0.15) is 0 Å². The Hall–Kier alpha value is -2.79. The van der Waals surface area contributed by atoms with Crippen LogP contribution in [0.15, 0.2) is 71.3 Å². The highest BCUT2D eigenvalue weighted by molar-refractivity contribution is 9.10. The molecule has 2 atom stereocenters. The van der Waals surface area contributed by atoms with Crippen molar-refractivity contribution in [2.75, 3.05) is 4.90 Å². The van der Waals surface area contributed by atoms with E-state index in [2.05, 4.69) is 45.2 Å². The smallest absolute Gasteiger partial charge is 0.239 e. The highest BCUT2D eigenvalue weighted by atomic mass is 79.9. The number of nitrogens with zero attached hydrogens (tertiary/aromatic N) is 2. The van der Waals surface area contributed by atoms with Gasteiger partial charge in [-0.15, -0.1) is 0 Å². The minimum absolute atomic E-state index is 0.0840. The summed E-state index contributed by atoms with van der Waals surface area (Å²) in [7, 11) is 0. The van der Waals surface area contributed by atoms with Gasteiger partial charge in [0, 0.05) is 22.5 Å². The molecule has 2 heterocycles. The second kappa shape index (κ2) is 5.61. The Balaban J connectivity index is 1.57. The van der Waals surface area contributed by atoms with Crippen LogP contribution in [0.5, 0.6) is 0 Å². The van der Waals surface area contributed by atoms with Crippen molar-refractivity contribution in [3.8, 4) is 0 Å². The van der Waals surface area contributed by atoms with Crippen molar-refractivity contribution in [1.29, 1.82) is 0 Å². The molecule has 1 aliphatic heterocycles. The molecule has 7 rings (SSSR count). The van der Waals surface area contributed by atoms with Crippen LogP contribution in [0.2, 0.25) is 0 Å². The molecule has 4 aliphatic rings. The van der Waals surface area contributed by atoms with Crippen molar-refractivity contribution in [3.05, 3.63) is 93.6 Å². The monoisotopic (exact) mass is 430 g/mol. The lowest BCUT2D eigenvalue weighted by Crippen LogP contribution is -2.41. The first-order valence-corrected chi connectivity index (χ1v) is 10.1. The lowest BCUT2D eigenvalue weighted by atomic mass is 9.55. The summed E-state index contributed by atoms with van der Waals surface area (Å²) in [5, 5.41) is 0. The van der Waals surface area contributed by atoms with Crippen LogP contribution in [0.4, 0.5) is 5.82 Å². The normalized spacial score (nSPS) is 26.8. The van der Waals surface area contributed by atoms with E-state index >= 15 is 0 Å². The summed E-state index contributed by atoms with van der Waals surface area (Å²) in [6, 6.07) is 20.0. The fourth-order valence-electron chi connectivity index (χ4n) is 5.40. The molecule has 0 unspecified atom stereocenters. The van der Waals surface area contributed by atoms with Gasteiger partial charge in [-0.05, 0) is 50.3 Å². The van der Waals surface area contributed by atoms with Crippen LogP contribution in [-0.4, -0.2) is 16.8 Å². The Labute approximate surface area is 170 Å². The molecule has 28 heavy (non-hydrogen) atoms. The van der Waals surface area contributed by atoms with E-state index in [4.69, 9.17) is 0 Å². The average molecular weight is 431 g/mol. The lowest BCUT2D eigenvalue weighted by Gasteiger charge is -2.45. The SMILES string of the molecule is O=C1[C@H]2C3c4ccccc4C(c4ccccc43)[C@@H]2C(=O)N1c1ccc(Br)cn1. The van der Waals surface area contributed by atoms with Crippen LogP contribution in [0.3, 0.4) is 0 Å². The highest BCUT2D eigenvalue weighted by Gasteiger charge is 2.61. The molecule has 1 saturated heterocycles. The van der Waals surface area contributed by atoms with E-state index in [-0.39, 0.29) is 35.5 Å². The maximum atomic E-state index is 13.5. The number of carbonyl (C=O) groups excluding carboxylic acids is 2. The van der Waals surface area contributed by atoms with E-state index < -0.39 is 0 Å². The molecule has 4 nitrogen and oxygen atoms in total. The quantitative estimate of drug-likeness (QED) is 0.542. The van der Waals surface area contributed by atoms with Gasteiger partial charge in [-0.25, -0.2) is 9.88 Å². The van der Waals surface area contributed by atoms with E-state index in [1.54, 1.807) is 12.3 Å². The Bertz CT molecular complexity index is 1040. The van der Waals surface area contributed by atoms with Crippen LogP contribution in [0.1, 0.15) is 34.1 Å². The molecule has 0 radical (unpaired) electrons. The molecule has 0 spiro atoms. The predicted molar refractivity (Wildman–Crippen MR) is 108 cm³/mol. The van der Waals surface area contributed by atoms with Gasteiger partial charge in [-0.1, -0.05) is 48.5 Å². The fourth-order valence-corrected chi connectivity index (χ4v) is 5.64. The summed E-state index contributed by atoms with van der Waals surface area (Å²) < 4.78 is 0.813. The Kier molecular flexibility index (Phi) is 3.24. The van der Waals surface area contributed by atoms with E-state index in [9.17, 15) is 9.59 Å². The molecule has 0 saturated carbocycles. The second-order valence-corrected chi connectivity index (χ2v) is 8.53. The van der Waals surface area contributed by atoms with Crippen LogP contribution in [0, 0.1) is 11.8 Å². The van der Waals surface area contributed by atoms with E-state index in [1.807, 2.05) is 30.3 Å². The molecule has 0 N–H and O–H groups in total. The highest BCUT2D eigenvalue weighted by Crippen LogP contribution is 2.61. The number of hydrogen-bond acceptors (Lipinski definition) is 3. The first-order chi connectivity index (χ1) is 13.7. The molecule has 136 valence electrons. The van der Waals surface area contributed by atoms with Gasteiger partial charge in [0.1, 0.15) is 5.82 Å². The van der Waals surface area contributed by atoms with Gasteiger partial charge in [0.05, 0.1) is 11.8 Å². The van der Waals surface area contributed by atoms with Crippen LogP contribution in [0.25, 0.3) is 0 Å². The summed E-state index contributed by atoms with van der Waals surface area (Å²) in [5.74, 6) is -0.771. The third-order valence-corrected chi connectivity index (χ3v) is 6.86. The van der Waals surface area contributed by atoms with Gasteiger partial charge < -0.3 is 0 Å². The first-order valence-electron chi connectivity index (χ1n) is 9.34. The van der Waals surface area contributed by atoms with E-state index in [0.717, 1.165) is 4.47 Å². The minimum atomic E-state index is -0.368. The molecule has 3 aromatic rings. The summed E-state index contributed by atoms with van der Waals surface area (Å²) >= 11 is 3.36. The zero-order valence-electron chi connectivity index (χ0n) is 14.7. The topological polar surface area (TPSA) is 50.3 Å². The number of pyridine rings is 1. The number of carbonyl (C=O) groups is 2. The standard InChI is InChI=1S/C23H15BrN2O2/c24-12-9-10-17(25-11-12)26-22(27)20-18-13-5-1-2-6-14(13)19(21(20)23(26)28)16-8-4-3-7-15(16)18/h1-11,18-21H/t18?,19?,20-,21-/m0/s1. The summed E-state index contributed by atoms with van der Waals surface area (Å²) in [6.45, 7) is 0. The number of benzene rings is 2. The number of rotatable bonds is 1. The van der Waals surface area contributed by atoms with Gasteiger partial charge in [0.25, 0.3) is 0 Å². The molecular weight excluding hydrogens is 416 g/mol. The first kappa shape index (κ1) is 16.2. The average Bonchev–Trinajstić information content (AvgIpc) is 3.00. The Morgan fingerprint density at radius 2 is 1.18 bits per heavy atom. The maximum Gasteiger partial charge on any atom is 0.239 e. The third-order valence-electron chi connectivity index (χ3n) is 6.39. The van der Waals surface area contributed by atoms with Crippen molar-refractivity contribution < 1.29 is 9.59 Å². The molecular formula is C23H15BrN2O2. The predicted octanol–water partition coefficient (Wildman–Crippen LogP) is 4.24. The lowest BCUT2D eigenvalue weighted by molar-refractivity contribution is -0.122. The van der Waals surface area contributed by atoms with Crippen molar-refractivity contribution >= 4 is 33.6 Å². The Morgan fingerprint density at radius 3 is 1.57 bits per heavy atom. The fraction of sp³-hybridized carbons (Fsp3) is 0.174. The number of amides is 2. The molecule has 2 aromatic carbocycles. The molecule has 3 aliphatic carbocycles. The summed E-state index contributed by atoms with van der Waals surface area (Å²) in [5.41, 5.74) is 4.72. The number of anilines is 1. The number of halogens is 1. The third kappa shape index (κ3) is 1.92. The van der Waals surface area contributed by atoms with Gasteiger partial charge in [-0.3, -0.25) is 9.59 Å². The van der Waals surface area contributed by atoms with Crippen molar-refractivity contribution in [3.63, 3.8) is 0 Å². The van der Waals surface area contributed by atoms with Crippen LogP contribution < -0.4 is 4.90 Å². The molecule has 2 amide bonds. The molecule has 1 aromatic heterocycles. The molecule has 5 heteroatoms. The van der Waals surface area contributed by atoms with Crippen LogP contribution in [-0.2, 0) is 9.59 Å². The van der Waals surface area contributed by atoms with E-state index in [0.29, 0.717) is 5.82 Å². The molecule has 1 fully saturated rings. The van der Waals surface area contributed by atoms with Gasteiger partial charge in [0.2, 0.25) is 11.8 Å². The molecule has 2 bridgehead atoms. The zero-order valence-corrected chi connectivity index (χ0v) is 16.3. The maximum absolute atomic E-state index is 13.5. The van der Waals surface area contributed by atoms with E-state index in [1.165, 1.54) is 27.2 Å². The zero-order chi connectivity index (χ0) is 19.0.